The quantitative estimate of drug-likeness (QED) is 0.387. The molecule has 1 amide bonds. The molecule has 0 saturated heterocycles. The number of amides is 1. The summed E-state index contributed by atoms with van der Waals surface area (Å²) in [5.74, 6) is -0.358. The van der Waals surface area contributed by atoms with E-state index in [1.807, 2.05) is 23.0 Å². The van der Waals surface area contributed by atoms with Gasteiger partial charge in [-0.05, 0) is 49.6 Å². The molecular formula is C26H27FN8O2. The van der Waals surface area contributed by atoms with Gasteiger partial charge in [0.2, 0.25) is 0 Å². The van der Waals surface area contributed by atoms with Gasteiger partial charge in [-0.15, -0.1) is 0 Å². The van der Waals surface area contributed by atoms with Crippen LogP contribution in [0.1, 0.15) is 34.6 Å². The summed E-state index contributed by atoms with van der Waals surface area (Å²) < 4.78 is 19.9. The second-order valence-corrected chi connectivity index (χ2v) is 9.44. The van der Waals surface area contributed by atoms with E-state index in [2.05, 4.69) is 30.7 Å². The van der Waals surface area contributed by atoms with Gasteiger partial charge in [-0.25, -0.2) is 9.07 Å². The first-order valence-corrected chi connectivity index (χ1v) is 12.4. The van der Waals surface area contributed by atoms with Gasteiger partial charge < -0.3 is 20.5 Å². The molecule has 4 aromatic rings. The highest BCUT2D eigenvalue weighted by molar-refractivity contribution is 6.04. The smallest absolute Gasteiger partial charge is 0.290 e. The molecule has 0 bridgehead atoms. The number of benzene rings is 1. The third kappa shape index (κ3) is 4.53. The summed E-state index contributed by atoms with van der Waals surface area (Å²) in [6.07, 6.45) is 4.95. The number of aromatic nitrogens is 5. The van der Waals surface area contributed by atoms with Crippen LogP contribution in [0.3, 0.4) is 0 Å². The molecule has 190 valence electrons. The molecule has 6 rings (SSSR count). The lowest BCUT2D eigenvalue weighted by Gasteiger charge is -2.13. The Balaban J connectivity index is 1.27. The molecule has 2 aliphatic rings. The maximum Gasteiger partial charge on any atom is 0.290 e. The maximum absolute atomic E-state index is 14.7. The predicted molar refractivity (Wildman–Crippen MR) is 137 cm³/mol. The molecule has 3 aromatic heterocycles. The van der Waals surface area contributed by atoms with Crippen molar-refractivity contribution in [2.75, 3.05) is 17.2 Å². The molecule has 0 aliphatic carbocycles. The van der Waals surface area contributed by atoms with Crippen LogP contribution in [0, 0.1) is 5.82 Å². The molecule has 0 spiro atoms. The summed E-state index contributed by atoms with van der Waals surface area (Å²) in [6, 6.07) is 9.76. The fourth-order valence-corrected chi connectivity index (χ4v) is 4.89. The number of hydrogen-bond acceptors (Lipinski definition) is 6. The molecule has 0 radical (unpaired) electrons. The number of fused-ring (bicyclic) bond motifs is 2. The molecule has 3 N–H and O–H groups in total. The lowest BCUT2D eigenvalue weighted by atomic mass is 10.1. The van der Waals surface area contributed by atoms with Gasteiger partial charge >= 0.3 is 0 Å². The Morgan fingerprint density at radius 3 is 2.78 bits per heavy atom. The molecule has 11 heteroatoms. The van der Waals surface area contributed by atoms with Gasteiger partial charge in [0.15, 0.2) is 5.82 Å². The molecule has 1 aromatic carbocycles. The molecule has 37 heavy (non-hydrogen) atoms. The van der Waals surface area contributed by atoms with E-state index in [4.69, 9.17) is 0 Å². The number of rotatable bonds is 5. The van der Waals surface area contributed by atoms with Crippen LogP contribution in [0.2, 0.25) is 0 Å². The molecule has 5 heterocycles. The average Bonchev–Trinajstić information content (AvgIpc) is 3.51. The monoisotopic (exact) mass is 502 g/mol. The van der Waals surface area contributed by atoms with Crippen molar-refractivity contribution in [3.8, 4) is 11.3 Å². The Hall–Kier alpha value is -4.25. The van der Waals surface area contributed by atoms with Crippen molar-refractivity contribution in [1.82, 2.24) is 29.4 Å². The molecule has 0 saturated carbocycles. The molecule has 0 fully saturated rings. The first kappa shape index (κ1) is 23.2. The Morgan fingerprint density at radius 2 is 1.95 bits per heavy atom. The first-order chi connectivity index (χ1) is 17.9. The van der Waals surface area contributed by atoms with E-state index in [1.165, 1.54) is 16.8 Å². The third-order valence-electron chi connectivity index (χ3n) is 6.84. The van der Waals surface area contributed by atoms with Crippen LogP contribution in [-0.2, 0) is 33.1 Å². The van der Waals surface area contributed by atoms with Crippen molar-refractivity contribution >= 4 is 23.1 Å². The zero-order valence-corrected chi connectivity index (χ0v) is 20.4. The van der Waals surface area contributed by atoms with Crippen molar-refractivity contribution in [3.05, 3.63) is 75.7 Å². The summed E-state index contributed by atoms with van der Waals surface area (Å²) in [4.78, 5) is 25.7. The van der Waals surface area contributed by atoms with Crippen LogP contribution in [0.25, 0.3) is 11.3 Å². The van der Waals surface area contributed by atoms with E-state index in [9.17, 15) is 14.0 Å². The van der Waals surface area contributed by atoms with E-state index in [0.29, 0.717) is 34.9 Å². The van der Waals surface area contributed by atoms with Gasteiger partial charge in [0.05, 0.1) is 29.2 Å². The lowest BCUT2D eigenvalue weighted by molar-refractivity contribution is 0.102. The Morgan fingerprint density at radius 1 is 1.05 bits per heavy atom. The van der Waals surface area contributed by atoms with Crippen LogP contribution < -0.4 is 21.5 Å². The van der Waals surface area contributed by atoms with Crippen LogP contribution in [-0.4, -0.2) is 36.6 Å². The minimum Gasteiger partial charge on any atom is -0.351 e. The summed E-state index contributed by atoms with van der Waals surface area (Å²) in [5.41, 5.74) is 3.69. The number of carbonyl (C=O) groups is 1. The molecule has 0 unspecified atom stereocenters. The summed E-state index contributed by atoms with van der Waals surface area (Å²) >= 11 is 0. The van der Waals surface area contributed by atoms with Crippen molar-refractivity contribution in [1.29, 1.82) is 0 Å². The summed E-state index contributed by atoms with van der Waals surface area (Å²) in [5, 5.41) is 18.0. The van der Waals surface area contributed by atoms with E-state index >= 15 is 0 Å². The fourth-order valence-electron chi connectivity index (χ4n) is 4.89. The molecule has 0 atom stereocenters. The van der Waals surface area contributed by atoms with E-state index in [0.717, 1.165) is 50.3 Å². The highest BCUT2D eigenvalue weighted by Crippen LogP contribution is 2.26. The van der Waals surface area contributed by atoms with Crippen LogP contribution in [0.5, 0.6) is 0 Å². The maximum atomic E-state index is 14.7. The minimum absolute atomic E-state index is 0.0473. The fraction of sp³-hybridized carbons (Fsp3) is 0.308. The lowest BCUT2D eigenvalue weighted by Crippen LogP contribution is -2.28. The van der Waals surface area contributed by atoms with Crippen LogP contribution in [0.4, 0.5) is 21.6 Å². The van der Waals surface area contributed by atoms with Crippen molar-refractivity contribution in [2.45, 2.75) is 38.9 Å². The molecule has 10 nitrogen and oxygen atoms in total. The summed E-state index contributed by atoms with van der Waals surface area (Å²) in [6.45, 7) is 3.20. The standard InChI is InChI=1S/C26H27FN8O2/c1-33-26(37)23(29-24-12-19-14-28-7-9-35(19)32-24)13-21(31-33)16-5-6-20(27)22(11-16)30-25(36)17-10-18-4-2-3-8-34(18)15-17/h5-6,10-13,15,28H,2-4,7-9,14H2,1H3,(H,29,32)(H,30,36). The second kappa shape index (κ2) is 9.32. The number of hydrogen-bond donors (Lipinski definition) is 3. The van der Waals surface area contributed by atoms with Crippen molar-refractivity contribution < 1.29 is 9.18 Å². The SMILES string of the molecule is Cn1nc(-c2ccc(F)c(NC(=O)c3cc4n(c3)CCCC4)c2)cc(Nc2cc3n(n2)CCNC3)c1=O. The molecule has 2 aliphatic heterocycles. The number of aryl methyl sites for hydroxylation is 3. The zero-order chi connectivity index (χ0) is 25.5. The molecular weight excluding hydrogens is 475 g/mol. The van der Waals surface area contributed by atoms with E-state index in [-0.39, 0.29) is 17.2 Å². The van der Waals surface area contributed by atoms with Crippen LogP contribution >= 0.6 is 0 Å². The second-order valence-electron chi connectivity index (χ2n) is 9.44. The van der Waals surface area contributed by atoms with Crippen LogP contribution in [0.15, 0.2) is 47.4 Å². The average molecular weight is 503 g/mol. The number of carbonyl (C=O) groups excluding carboxylic acids is 1. The van der Waals surface area contributed by atoms with Gasteiger partial charge in [-0.2, -0.15) is 10.2 Å². The van der Waals surface area contributed by atoms with Crippen molar-refractivity contribution in [3.63, 3.8) is 0 Å². The van der Waals surface area contributed by atoms with E-state index in [1.54, 1.807) is 19.2 Å². The highest BCUT2D eigenvalue weighted by atomic mass is 19.1. The Labute approximate surface area is 212 Å². The van der Waals surface area contributed by atoms with Gasteiger partial charge in [0, 0.05) is 50.2 Å². The van der Waals surface area contributed by atoms with Crippen molar-refractivity contribution in [2.24, 2.45) is 7.05 Å². The normalized spacial score (nSPS) is 14.6. The number of anilines is 3. The summed E-state index contributed by atoms with van der Waals surface area (Å²) in [7, 11) is 1.56. The number of halogens is 1. The largest absolute Gasteiger partial charge is 0.351 e. The third-order valence-corrected chi connectivity index (χ3v) is 6.84. The number of nitrogens with zero attached hydrogens (tertiary/aromatic N) is 5. The van der Waals surface area contributed by atoms with Gasteiger partial charge in [-0.3, -0.25) is 14.3 Å². The minimum atomic E-state index is -0.554. The van der Waals surface area contributed by atoms with Gasteiger partial charge in [-0.1, -0.05) is 0 Å². The topological polar surface area (TPSA) is 111 Å². The highest BCUT2D eigenvalue weighted by Gasteiger charge is 2.18. The van der Waals surface area contributed by atoms with Gasteiger partial charge in [0.1, 0.15) is 11.5 Å². The number of nitrogens with one attached hydrogen (secondary N) is 3. The Bertz CT molecular complexity index is 1520. The van der Waals surface area contributed by atoms with Gasteiger partial charge in [0.25, 0.3) is 11.5 Å². The predicted octanol–water partition coefficient (Wildman–Crippen LogP) is 3.02. The first-order valence-electron chi connectivity index (χ1n) is 12.4. The zero-order valence-electron chi connectivity index (χ0n) is 20.4. The van der Waals surface area contributed by atoms with E-state index < -0.39 is 5.82 Å². The Kier molecular flexibility index (Phi) is 5.84.